The lowest BCUT2D eigenvalue weighted by Crippen LogP contribution is -2.48. The summed E-state index contributed by atoms with van der Waals surface area (Å²) in [5, 5.41) is 34.7. The lowest BCUT2D eigenvalue weighted by molar-refractivity contribution is -0.167. The fourth-order valence-corrected chi connectivity index (χ4v) is 4.73. The number of carbonyl (C=O) groups is 1. The minimum absolute atomic E-state index is 0.123. The van der Waals surface area contributed by atoms with Crippen molar-refractivity contribution in [2.24, 2.45) is 0 Å². The second kappa shape index (κ2) is 12.2. The van der Waals surface area contributed by atoms with Crippen molar-refractivity contribution in [2.75, 3.05) is 13.7 Å². The Morgan fingerprint density at radius 2 is 1.94 bits per heavy atom. The maximum Gasteiger partial charge on any atom is 0.459 e. The number of aliphatic hydroxyl groups excluding tert-OH is 2. The van der Waals surface area contributed by atoms with E-state index in [4.69, 9.17) is 32.9 Å². The maximum atomic E-state index is 13.3. The Balaban J connectivity index is 2.13. The Labute approximate surface area is 211 Å². The molecule has 1 heterocycles. The third-order valence-electron chi connectivity index (χ3n) is 4.91. The molecule has 0 amide bonds. The van der Waals surface area contributed by atoms with Gasteiger partial charge in [0.2, 0.25) is 0 Å². The monoisotopic (exact) mass is 551 g/mol. The summed E-state index contributed by atoms with van der Waals surface area (Å²) in [4.78, 5) is 25.4. The van der Waals surface area contributed by atoms with E-state index in [-0.39, 0.29) is 16.9 Å². The van der Waals surface area contributed by atoms with Gasteiger partial charge in [0.15, 0.2) is 11.0 Å². The lowest BCUT2D eigenvalue weighted by atomic mass is 9.94. The molecule has 0 spiro atoms. The van der Waals surface area contributed by atoms with Crippen LogP contribution >= 0.6 is 31.6 Å². The number of rotatable bonds is 12. The van der Waals surface area contributed by atoms with E-state index in [1.165, 1.54) is 31.2 Å². The predicted molar refractivity (Wildman–Crippen MR) is 129 cm³/mol. The molecule has 15 heteroatoms. The number of carbonyl (C=O) groups excluding carboxylic acids is 1. The van der Waals surface area contributed by atoms with Crippen LogP contribution in [0.25, 0.3) is 0 Å². The fourth-order valence-electron chi connectivity index (χ4n) is 2.84. The zero-order chi connectivity index (χ0) is 26.4. The van der Waals surface area contributed by atoms with Gasteiger partial charge in [-0.25, -0.2) is 4.57 Å². The first-order chi connectivity index (χ1) is 16.3. The zero-order valence-corrected chi connectivity index (χ0v) is 21.5. The SMILES string of the molecule is COC(=O)[C@H](C)N[P@](=O)(OCCC(O)[C@@](C)(O)[C@@H](O)n1ccc(=O)[nH]c1=S)Oc1ccc(Cl)cc1. The van der Waals surface area contributed by atoms with Crippen LogP contribution < -0.4 is 15.2 Å². The van der Waals surface area contributed by atoms with Crippen LogP contribution in [-0.4, -0.2) is 62.3 Å². The van der Waals surface area contributed by atoms with Crippen molar-refractivity contribution >= 4 is 37.5 Å². The summed E-state index contributed by atoms with van der Waals surface area (Å²) in [5.74, 6) is -0.602. The number of nitrogens with one attached hydrogen (secondary N) is 2. The van der Waals surface area contributed by atoms with E-state index in [1.54, 1.807) is 0 Å². The number of ether oxygens (including phenoxy) is 1. The van der Waals surface area contributed by atoms with Gasteiger partial charge in [0, 0.05) is 23.7 Å². The first kappa shape index (κ1) is 29.1. The molecule has 0 fully saturated rings. The fraction of sp³-hybridized carbons (Fsp3) is 0.450. The molecule has 12 nitrogen and oxygen atoms in total. The average Bonchev–Trinajstić information content (AvgIpc) is 2.79. The van der Waals surface area contributed by atoms with Gasteiger partial charge in [-0.1, -0.05) is 11.6 Å². The van der Waals surface area contributed by atoms with Gasteiger partial charge in [-0.2, -0.15) is 5.09 Å². The summed E-state index contributed by atoms with van der Waals surface area (Å²) in [6.45, 7) is 2.11. The number of esters is 1. The standard InChI is InChI=1S/C20H27ClN3O9PS/c1-12(17(27)31-3)23-34(30,33-14-6-4-13(21)5-7-14)32-11-9-15(25)20(2,29)18(28)24-10-8-16(26)22-19(24)35/h4-8,10,12,15,18,25,28-29H,9,11H2,1-3H3,(H,23,30)(H,22,26,35)/t12-,15?,18+,20+,34-/m0/s1. The summed E-state index contributed by atoms with van der Waals surface area (Å²) in [5.41, 5.74) is -2.66. The second-order valence-electron chi connectivity index (χ2n) is 7.67. The van der Waals surface area contributed by atoms with Crippen LogP contribution in [0.4, 0.5) is 0 Å². The number of nitrogens with zero attached hydrogens (tertiary/aromatic N) is 1. The number of H-pyrrole nitrogens is 1. The summed E-state index contributed by atoms with van der Waals surface area (Å²) in [7, 11) is -3.04. The van der Waals surface area contributed by atoms with Gasteiger partial charge < -0.3 is 24.6 Å². The quantitative estimate of drug-likeness (QED) is 0.148. The van der Waals surface area contributed by atoms with Crippen LogP contribution in [-0.2, 0) is 18.6 Å². The lowest BCUT2D eigenvalue weighted by Gasteiger charge is -2.34. The van der Waals surface area contributed by atoms with E-state index < -0.39 is 49.9 Å². The number of aliphatic hydroxyl groups is 3. The topological polar surface area (TPSA) is 172 Å². The predicted octanol–water partition coefficient (Wildman–Crippen LogP) is 1.91. The largest absolute Gasteiger partial charge is 0.468 e. The molecule has 1 aromatic heterocycles. The smallest absolute Gasteiger partial charge is 0.459 e. The van der Waals surface area contributed by atoms with Crippen molar-refractivity contribution in [3.63, 3.8) is 0 Å². The van der Waals surface area contributed by atoms with Crippen molar-refractivity contribution < 1.29 is 38.5 Å². The normalized spacial score (nSPS) is 17.5. The van der Waals surface area contributed by atoms with Crippen LogP contribution in [0.1, 0.15) is 26.5 Å². The highest BCUT2D eigenvalue weighted by molar-refractivity contribution is 7.71. The molecule has 0 aliphatic heterocycles. The average molecular weight is 552 g/mol. The first-order valence-corrected chi connectivity index (χ1v) is 12.6. The Morgan fingerprint density at radius 3 is 2.51 bits per heavy atom. The Bertz CT molecular complexity index is 1170. The molecule has 2 rings (SSSR count). The van der Waals surface area contributed by atoms with Crippen molar-refractivity contribution in [2.45, 2.75) is 44.2 Å². The van der Waals surface area contributed by atoms with Crippen molar-refractivity contribution in [1.82, 2.24) is 14.6 Å². The summed E-state index contributed by atoms with van der Waals surface area (Å²) in [6, 6.07) is 5.88. The second-order valence-corrected chi connectivity index (χ2v) is 10.2. The summed E-state index contributed by atoms with van der Waals surface area (Å²) < 4.78 is 29.6. The number of methoxy groups -OCH3 is 1. The third kappa shape index (κ3) is 7.95. The van der Waals surface area contributed by atoms with Gasteiger partial charge in [0.1, 0.15) is 17.4 Å². The van der Waals surface area contributed by atoms with Crippen LogP contribution in [0, 0.1) is 4.77 Å². The van der Waals surface area contributed by atoms with Gasteiger partial charge in [-0.05, 0) is 50.3 Å². The van der Waals surface area contributed by atoms with Crippen LogP contribution in [0.5, 0.6) is 5.75 Å². The number of hydrogen-bond donors (Lipinski definition) is 5. The van der Waals surface area contributed by atoms with Crippen molar-refractivity contribution in [3.05, 3.63) is 56.7 Å². The van der Waals surface area contributed by atoms with Gasteiger partial charge in [-0.15, -0.1) is 0 Å². The molecule has 35 heavy (non-hydrogen) atoms. The van der Waals surface area contributed by atoms with E-state index in [0.717, 1.165) is 30.9 Å². The minimum Gasteiger partial charge on any atom is -0.468 e. The number of halogens is 1. The molecular formula is C20H27ClN3O9PS. The molecule has 1 unspecified atom stereocenters. The number of benzene rings is 1. The molecule has 5 atom stereocenters. The molecule has 0 radical (unpaired) electrons. The molecule has 2 aromatic rings. The number of aromatic nitrogens is 2. The van der Waals surface area contributed by atoms with E-state index in [2.05, 4.69) is 14.8 Å². The molecule has 0 bridgehead atoms. The van der Waals surface area contributed by atoms with Gasteiger partial charge in [0.25, 0.3) is 5.56 Å². The maximum absolute atomic E-state index is 13.3. The molecule has 194 valence electrons. The Morgan fingerprint density at radius 1 is 1.31 bits per heavy atom. The van der Waals surface area contributed by atoms with Gasteiger partial charge >= 0.3 is 13.7 Å². The van der Waals surface area contributed by atoms with Crippen molar-refractivity contribution in [3.8, 4) is 5.75 Å². The zero-order valence-electron chi connectivity index (χ0n) is 19.1. The molecule has 0 aliphatic rings. The molecular weight excluding hydrogens is 525 g/mol. The Kier molecular flexibility index (Phi) is 10.2. The summed E-state index contributed by atoms with van der Waals surface area (Å²) in [6.07, 6.45) is -2.50. The highest BCUT2D eigenvalue weighted by Gasteiger charge is 2.40. The Hall–Kier alpha value is -2.09. The minimum atomic E-state index is -4.19. The highest BCUT2D eigenvalue weighted by atomic mass is 35.5. The number of aromatic amines is 1. The van der Waals surface area contributed by atoms with E-state index >= 15 is 0 Å². The molecule has 5 N–H and O–H groups in total. The van der Waals surface area contributed by atoms with E-state index in [9.17, 15) is 29.5 Å². The molecule has 1 aromatic carbocycles. The van der Waals surface area contributed by atoms with Crippen molar-refractivity contribution in [1.29, 1.82) is 0 Å². The van der Waals surface area contributed by atoms with E-state index in [0.29, 0.717) is 5.02 Å². The first-order valence-electron chi connectivity index (χ1n) is 10.2. The van der Waals surface area contributed by atoms with Crippen LogP contribution in [0.3, 0.4) is 0 Å². The molecule has 0 saturated carbocycles. The van der Waals surface area contributed by atoms with E-state index in [1.807, 2.05) is 0 Å². The van der Waals surface area contributed by atoms with Crippen LogP contribution in [0.15, 0.2) is 41.3 Å². The van der Waals surface area contributed by atoms with Gasteiger partial charge in [-0.3, -0.25) is 23.7 Å². The third-order valence-corrected chi connectivity index (χ3v) is 7.15. The summed E-state index contributed by atoms with van der Waals surface area (Å²) >= 11 is 10.8. The van der Waals surface area contributed by atoms with Gasteiger partial charge in [0.05, 0.1) is 19.8 Å². The van der Waals surface area contributed by atoms with Crippen LogP contribution in [0.2, 0.25) is 5.02 Å². The highest BCUT2D eigenvalue weighted by Crippen LogP contribution is 2.45. The number of hydrogen-bond acceptors (Lipinski definition) is 10. The molecule has 0 saturated heterocycles. The molecule has 0 aliphatic carbocycles.